The van der Waals surface area contributed by atoms with Gasteiger partial charge in [-0.15, -0.1) is 11.3 Å². The van der Waals surface area contributed by atoms with Crippen molar-refractivity contribution in [2.45, 2.75) is 19.3 Å². The normalized spacial score (nSPS) is 12.7. The molecule has 0 aliphatic heterocycles. The highest BCUT2D eigenvalue weighted by Gasteiger charge is 2.29. The van der Waals surface area contributed by atoms with Crippen LogP contribution >= 0.6 is 11.3 Å². The predicted octanol–water partition coefficient (Wildman–Crippen LogP) is 3.54. The zero-order valence-electron chi connectivity index (χ0n) is 12.7. The summed E-state index contributed by atoms with van der Waals surface area (Å²) in [6.45, 7) is 0. The first kappa shape index (κ1) is 14.2. The smallest absolute Gasteiger partial charge is 0.346 e. The molecule has 0 fully saturated rings. The number of nitrogens with zero attached hydrogens (tertiary/aromatic N) is 2. The summed E-state index contributed by atoms with van der Waals surface area (Å²) in [6, 6.07) is 10.2. The van der Waals surface area contributed by atoms with Crippen LogP contribution in [-0.2, 0) is 26.3 Å². The Bertz CT molecular complexity index is 893. The van der Waals surface area contributed by atoms with Gasteiger partial charge in [0.1, 0.15) is 4.88 Å². The third-order valence-electron chi connectivity index (χ3n) is 4.38. The second-order valence-corrected chi connectivity index (χ2v) is 6.92. The van der Waals surface area contributed by atoms with Crippen LogP contribution < -0.4 is 0 Å². The number of fused-ring (bicyclic) bond motifs is 3. The average Bonchev–Trinajstić information content (AvgIpc) is 3.10. The Morgan fingerprint density at radius 1 is 1.30 bits per heavy atom. The zero-order chi connectivity index (χ0) is 16.0. The number of aromatic carboxylic acids is 1. The topological polar surface area (TPSA) is 55.1 Å². The van der Waals surface area contributed by atoms with Crippen molar-refractivity contribution in [2.24, 2.45) is 7.05 Å². The van der Waals surface area contributed by atoms with Gasteiger partial charge in [0.05, 0.1) is 11.9 Å². The van der Waals surface area contributed by atoms with Gasteiger partial charge < -0.3 is 5.11 Å². The second-order valence-electron chi connectivity index (χ2n) is 5.82. The van der Waals surface area contributed by atoms with E-state index in [1.54, 1.807) is 0 Å². The molecule has 2 heterocycles. The molecule has 1 aromatic carbocycles. The molecule has 0 bridgehead atoms. The van der Waals surface area contributed by atoms with Crippen molar-refractivity contribution in [3.8, 4) is 11.3 Å². The fraction of sp³-hybridized carbons (Fsp3) is 0.222. The van der Waals surface area contributed by atoms with Gasteiger partial charge in [-0.3, -0.25) is 4.68 Å². The van der Waals surface area contributed by atoms with Crippen LogP contribution in [-0.4, -0.2) is 20.9 Å². The molecule has 2 aromatic heterocycles. The first-order valence-corrected chi connectivity index (χ1v) is 8.40. The SMILES string of the molecule is Cn1ncc2c1-c1c(Cc3ccccc3)sc(C(=O)O)c1CC2. The van der Waals surface area contributed by atoms with Crippen molar-refractivity contribution in [3.63, 3.8) is 0 Å². The summed E-state index contributed by atoms with van der Waals surface area (Å²) in [5, 5.41) is 13.9. The highest BCUT2D eigenvalue weighted by atomic mass is 32.1. The highest BCUT2D eigenvalue weighted by molar-refractivity contribution is 7.14. The van der Waals surface area contributed by atoms with E-state index in [4.69, 9.17) is 0 Å². The van der Waals surface area contributed by atoms with Gasteiger partial charge in [0.2, 0.25) is 0 Å². The summed E-state index contributed by atoms with van der Waals surface area (Å²) in [5.74, 6) is -0.823. The molecule has 0 saturated heterocycles. The lowest BCUT2D eigenvalue weighted by molar-refractivity contribution is 0.0701. The molecular weight excluding hydrogens is 308 g/mol. The van der Waals surface area contributed by atoms with Crippen LogP contribution in [0.5, 0.6) is 0 Å². The summed E-state index contributed by atoms with van der Waals surface area (Å²) in [7, 11) is 1.93. The Morgan fingerprint density at radius 3 is 2.83 bits per heavy atom. The summed E-state index contributed by atoms with van der Waals surface area (Å²) in [4.78, 5) is 13.3. The molecule has 0 amide bonds. The lowest BCUT2D eigenvalue weighted by Crippen LogP contribution is -2.08. The van der Waals surface area contributed by atoms with E-state index >= 15 is 0 Å². The van der Waals surface area contributed by atoms with Gasteiger partial charge in [-0.25, -0.2) is 4.79 Å². The van der Waals surface area contributed by atoms with Crippen LogP contribution in [0.25, 0.3) is 11.3 Å². The Hall–Kier alpha value is -2.40. The maximum absolute atomic E-state index is 11.7. The van der Waals surface area contributed by atoms with E-state index in [-0.39, 0.29) is 0 Å². The van der Waals surface area contributed by atoms with Gasteiger partial charge in [0.25, 0.3) is 0 Å². The second kappa shape index (κ2) is 5.35. The van der Waals surface area contributed by atoms with E-state index in [1.807, 2.05) is 36.1 Å². The van der Waals surface area contributed by atoms with Crippen LogP contribution in [0.1, 0.15) is 31.2 Å². The number of carboxylic acid groups (broad SMARTS) is 1. The number of benzene rings is 1. The molecule has 3 aromatic rings. The Labute approximate surface area is 138 Å². The van der Waals surface area contributed by atoms with Crippen molar-refractivity contribution >= 4 is 17.3 Å². The largest absolute Gasteiger partial charge is 0.477 e. The Morgan fingerprint density at radius 2 is 2.09 bits per heavy atom. The molecule has 4 nitrogen and oxygen atoms in total. The molecule has 1 N–H and O–H groups in total. The molecule has 5 heteroatoms. The zero-order valence-corrected chi connectivity index (χ0v) is 13.6. The Kier molecular flexibility index (Phi) is 3.31. The first-order chi connectivity index (χ1) is 11.1. The van der Waals surface area contributed by atoms with Crippen LogP contribution in [0.3, 0.4) is 0 Å². The fourth-order valence-electron chi connectivity index (χ4n) is 3.36. The van der Waals surface area contributed by atoms with Gasteiger partial charge in [0.15, 0.2) is 0 Å². The predicted molar refractivity (Wildman–Crippen MR) is 90.1 cm³/mol. The molecule has 0 saturated carbocycles. The minimum Gasteiger partial charge on any atom is -0.477 e. The molecular formula is C18H16N2O2S. The molecule has 116 valence electrons. The number of carboxylic acids is 1. The van der Waals surface area contributed by atoms with Crippen LogP contribution in [0.15, 0.2) is 36.5 Å². The maximum Gasteiger partial charge on any atom is 0.346 e. The first-order valence-electron chi connectivity index (χ1n) is 7.58. The number of hydrogen-bond acceptors (Lipinski definition) is 3. The summed E-state index contributed by atoms with van der Waals surface area (Å²) >= 11 is 1.41. The Balaban J connectivity index is 1.91. The molecule has 0 unspecified atom stereocenters. The molecule has 0 radical (unpaired) electrons. The van der Waals surface area contributed by atoms with Crippen molar-refractivity contribution in [2.75, 3.05) is 0 Å². The summed E-state index contributed by atoms with van der Waals surface area (Å²) in [6.07, 6.45) is 4.30. The lowest BCUT2D eigenvalue weighted by Gasteiger charge is -2.16. The van der Waals surface area contributed by atoms with E-state index < -0.39 is 5.97 Å². The van der Waals surface area contributed by atoms with Crippen molar-refractivity contribution in [3.05, 3.63) is 63.0 Å². The molecule has 0 spiro atoms. The number of aromatic nitrogens is 2. The van der Waals surface area contributed by atoms with Gasteiger partial charge in [-0.1, -0.05) is 30.3 Å². The standard InChI is InChI=1S/C18H16N2O2S/c1-20-16-12(10-19-20)7-8-13-15(16)14(23-17(13)18(21)22)9-11-5-3-2-4-6-11/h2-6,10H,7-9H2,1H3,(H,21,22). The highest BCUT2D eigenvalue weighted by Crippen LogP contribution is 2.43. The molecule has 0 atom stereocenters. The van der Waals surface area contributed by atoms with E-state index in [9.17, 15) is 9.90 Å². The third kappa shape index (κ3) is 2.28. The monoisotopic (exact) mass is 324 g/mol. The van der Waals surface area contributed by atoms with Crippen molar-refractivity contribution in [1.82, 2.24) is 9.78 Å². The molecule has 1 aliphatic carbocycles. The summed E-state index contributed by atoms with van der Waals surface area (Å²) in [5.41, 5.74) is 5.56. The number of aryl methyl sites for hydroxylation is 2. The lowest BCUT2D eigenvalue weighted by atomic mass is 9.89. The molecule has 1 aliphatic rings. The maximum atomic E-state index is 11.7. The number of carbonyl (C=O) groups is 1. The van der Waals surface area contributed by atoms with E-state index in [0.717, 1.165) is 41.0 Å². The molecule has 23 heavy (non-hydrogen) atoms. The van der Waals surface area contributed by atoms with E-state index in [1.165, 1.54) is 22.5 Å². The van der Waals surface area contributed by atoms with Gasteiger partial charge in [-0.2, -0.15) is 5.10 Å². The average molecular weight is 324 g/mol. The van der Waals surface area contributed by atoms with Crippen LogP contribution in [0, 0.1) is 0 Å². The number of thiophene rings is 1. The van der Waals surface area contributed by atoms with E-state index in [0.29, 0.717) is 4.88 Å². The fourth-order valence-corrected chi connectivity index (χ4v) is 4.58. The minimum absolute atomic E-state index is 0.484. The van der Waals surface area contributed by atoms with Crippen LogP contribution in [0.4, 0.5) is 0 Å². The number of hydrogen-bond donors (Lipinski definition) is 1. The van der Waals surface area contributed by atoms with E-state index in [2.05, 4.69) is 17.2 Å². The number of rotatable bonds is 3. The van der Waals surface area contributed by atoms with Gasteiger partial charge in [0, 0.05) is 23.9 Å². The molecule has 4 rings (SSSR count). The quantitative estimate of drug-likeness (QED) is 0.802. The summed E-state index contributed by atoms with van der Waals surface area (Å²) < 4.78 is 1.88. The van der Waals surface area contributed by atoms with Gasteiger partial charge >= 0.3 is 5.97 Å². The third-order valence-corrected chi connectivity index (χ3v) is 5.60. The minimum atomic E-state index is -0.823. The van der Waals surface area contributed by atoms with Crippen molar-refractivity contribution < 1.29 is 9.90 Å². The van der Waals surface area contributed by atoms with Crippen molar-refractivity contribution in [1.29, 1.82) is 0 Å². The van der Waals surface area contributed by atoms with Crippen LogP contribution in [0.2, 0.25) is 0 Å². The van der Waals surface area contributed by atoms with Gasteiger partial charge in [-0.05, 0) is 29.5 Å².